The molecule has 0 rings (SSSR count). The van der Waals surface area contributed by atoms with Gasteiger partial charge in [-0.15, -0.1) is 0 Å². The maximum Gasteiger partial charge on any atom is 0.335 e. The molecule has 1 N–H and O–H groups in total. The zero-order valence-electron chi connectivity index (χ0n) is 11.8. The van der Waals surface area contributed by atoms with Crippen LogP contribution in [0, 0.1) is 0 Å². The summed E-state index contributed by atoms with van der Waals surface area (Å²) in [7, 11) is 0. The van der Waals surface area contributed by atoms with Gasteiger partial charge in [-0.25, -0.2) is 4.79 Å². The van der Waals surface area contributed by atoms with Crippen molar-refractivity contribution in [2.24, 2.45) is 0 Å². The first-order valence-corrected chi connectivity index (χ1v) is 6.87. The summed E-state index contributed by atoms with van der Waals surface area (Å²) in [6.45, 7) is 7.81. The summed E-state index contributed by atoms with van der Waals surface area (Å²) in [4.78, 5) is 11.3. The minimum Gasteiger partial charge on any atom is -0.479 e. The smallest absolute Gasteiger partial charge is 0.335 e. The largest absolute Gasteiger partial charge is 0.479 e. The number of ether oxygens (including phenoxy) is 1. The van der Waals surface area contributed by atoms with Gasteiger partial charge in [0.25, 0.3) is 0 Å². The van der Waals surface area contributed by atoms with Crippen LogP contribution in [0.5, 0.6) is 0 Å². The molecule has 0 amide bonds. The first kappa shape index (κ1) is 16.4. The lowest BCUT2D eigenvalue weighted by Gasteiger charge is -2.28. The van der Waals surface area contributed by atoms with E-state index >= 15 is 0 Å². The third-order valence-electron chi connectivity index (χ3n) is 3.25. The zero-order chi connectivity index (χ0) is 13.3. The maximum atomic E-state index is 11.3. The van der Waals surface area contributed by atoms with Crippen molar-refractivity contribution in [2.45, 2.75) is 84.3 Å². The summed E-state index contributed by atoms with van der Waals surface area (Å²) in [5, 5.41) is 9.25. The van der Waals surface area contributed by atoms with E-state index in [-0.39, 0.29) is 6.10 Å². The number of carboxylic acids is 1. The van der Waals surface area contributed by atoms with Crippen molar-refractivity contribution in [3.8, 4) is 0 Å². The first-order valence-electron chi connectivity index (χ1n) is 6.87. The molecule has 0 heterocycles. The lowest BCUT2D eigenvalue weighted by atomic mass is 9.97. The zero-order valence-corrected chi connectivity index (χ0v) is 11.8. The van der Waals surface area contributed by atoms with E-state index in [0.29, 0.717) is 6.42 Å². The summed E-state index contributed by atoms with van der Waals surface area (Å²) >= 11 is 0. The summed E-state index contributed by atoms with van der Waals surface area (Å²) in [6, 6.07) is 0. The highest BCUT2D eigenvalue weighted by molar-refractivity contribution is 5.76. The van der Waals surface area contributed by atoms with Crippen LogP contribution in [-0.2, 0) is 9.53 Å². The number of hydrogen-bond acceptors (Lipinski definition) is 2. The normalized spacial score (nSPS) is 16.5. The van der Waals surface area contributed by atoms with Crippen LogP contribution in [-0.4, -0.2) is 22.8 Å². The Morgan fingerprint density at radius 2 is 1.82 bits per heavy atom. The molecule has 102 valence electrons. The lowest BCUT2D eigenvalue weighted by Crippen LogP contribution is -2.40. The van der Waals surface area contributed by atoms with Crippen molar-refractivity contribution in [1.82, 2.24) is 0 Å². The van der Waals surface area contributed by atoms with Crippen LogP contribution < -0.4 is 0 Å². The second kappa shape index (κ2) is 8.51. The summed E-state index contributed by atoms with van der Waals surface area (Å²) in [6.07, 6.45) is 7.12. The molecule has 0 aliphatic carbocycles. The van der Waals surface area contributed by atoms with Gasteiger partial charge in [-0.2, -0.15) is 0 Å². The predicted molar refractivity (Wildman–Crippen MR) is 70.3 cm³/mol. The Balaban J connectivity index is 4.08. The van der Waals surface area contributed by atoms with Gasteiger partial charge in [0, 0.05) is 0 Å². The monoisotopic (exact) mass is 244 g/mol. The minimum atomic E-state index is -1.01. The highest BCUT2D eigenvalue weighted by Crippen LogP contribution is 2.23. The number of carbonyl (C=O) groups is 1. The topological polar surface area (TPSA) is 46.5 Å². The van der Waals surface area contributed by atoms with E-state index in [4.69, 9.17) is 4.74 Å². The standard InChI is InChI=1S/C14H28O3/c1-5-7-8-9-10-11-14(4,13(15)16)17-12(3)6-2/h12H,5-11H2,1-4H3,(H,15,16). The number of hydrogen-bond donors (Lipinski definition) is 1. The fourth-order valence-corrected chi connectivity index (χ4v) is 1.81. The van der Waals surface area contributed by atoms with Crippen molar-refractivity contribution in [3.05, 3.63) is 0 Å². The van der Waals surface area contributed by atoms with Crippen LogP contribution >= 0.6 is 0 Å². The highest BCUT2D eigenvalue weighted by atomic mass is 16.5. The molecule has 2 atom stereocenters. The molecule has 0 radical (unpaired) electrons. The van der Waals surface area contributed by atoms with Gasteiger partial charge in [-0.05, 0) is 33.1 Å². The SMILES string of the molecule is CCCCCCCC(C)(OC(C)CC)C(=O)O. The molecule has 3 nitrogen and oxygen atoms in total. The van der Waals surface area contributed by atoms with Crippen molar-refractivity contribution in [3.63, 3.8) is 0 Å². The van der Waals surface area contributed by atoms with Crippen LogP contribution in [0.4, 0.5) is 0 Å². The predicted octanol–water partition coefficient (Wildman–Crippen LogP) is 4.01. The minimum absolute atomic E-state index is 0.00624. The molecule has 0 aliphatic rings. The van der Waals surface area contributed by atoms with E-state index in [9.17, 15) is 9.90 Å². The average molecular weight is 244 g/mol. The van der Waals surface area contributed by atoms with Crippen molar-refractivity contribution in [2.75, 3.05) is 0 Å². The Bertz CT molecular complexity index is 216. The van der Waals surface area contributed by atoms with Crippen molar-refractivity contribution < 1.29 is 14.6 Å². The van der Waals surface area contributed by atoms with Crippen LogP contribution in [0.3, 0.4) is 0 Å². The Kier molecular flexibility index (Phi) is 8.23. The number of rotatable bonds is 10. The molecule has 2 unspecified atom stereocenters. The van der Waals surface area contributed by atoms with E-state index in [1.807, 2.05) is 13.8 Å². The quantitative estimate of drug-likeness (QED) is 0.591. The fraction of sp³-hybridized carbons (Fsp3) is 0.929. The Labute approximate surface area is 106 Å². The molecule has 0 aromatic heterocycles. The van der Waals surface area contributed by atoms with Crippen molar-refractivity contribution in [1.29, 1.82) is 0 Å². The van der Waals surface area contributed by atoms with Crippen molar-refractivity contribution >= 4 is 5.97 Å². The van der Waals surface area contributed by atoms with E-state index in [1.54, 1.807) is 6.92 Å². The summed E-state index contributed by atoms with van der Waals surface area (Å²) in [5.41, 5.74) is -1.01. The third kappa shape index (κ3) is 6.67. The molecule has 17 heavy (non-hydrogen) atoms. The molecule has 0 saturated heterocycles. The summed E-state index contributed by atoms with van der Waals surface area (Å²) in [5.74, 6) is -0.840. The molecule has 3 heteroatoms. The molecule has 0 aromatic rings. The van der Waals surface area contributed by atoms with Gasteiger partial charge < -0.3 is 9.84 Å². The van der Waals surface area contributed by atoms with Crippen LogP contribution in [0.15, 0.2) is 0 Å². The second-order valence-electron chi connectivity index (χ2n) is 5.04. The van der Waals surface area contributed by atoms with Crippen LogP contribution in [0.1, 0.15) is 72.6 Å². The molecular formula is C14H28O3. The second-order valence-corrected chi connectivity index (χ2v) is 5.04. The van der Waals surface area contributed by atoms with E-state index in [1.165, 1.54) is 19.3 Å². The molecule has 0 aliphatic heterocycles. The third-order valence-corrected chi connectivity index (χ3v) is 3.25. The van der Waals surface area contributed by atoms with E-state index < -0.39 is 11.6 Å². The van der Waals surface area contributed by atoms with Gasteiger partial charge in [0.1, 0.15) is 0 Å². The molecule has 0 fully saturated rings. The number of unbranched alkanes of at least 4 members (excludes halogenated alkanes) is 4. The highest BCUT2D eigenvalue weighted by Gasteiger charge is 2.34. The van der Waals surface area contributed by atoms with E-state index in [0.717, 1.165) is 19.3 Å². The van der Waals surface area contributed by atoms with Gasteiger partial charge in [0.2, 0.25) is 0 Å². The molecule has 0 bridgehead atoms. The Hall–Kier alpha value is -0.570. The van der Waals surface area contributed by atoms with E-state index in [2.05, 4.69) is 6.92 Å². The molecule has 0 saturated carbocycles. The fourth-order valence-electron chi connectivity index (χ4n) is 1.81. The lowest BCUT2D eigenvalue weighted by molar-refractivity contribution is -0.171. The first-order chi connectivity index (χ1) is 7.96. The molecule has 0 aromatic carbocycles. The van der Waals surface area contributed by atoms with Gasteiger partial charge in [0.05, 0.1) is 6.10 Å². The average Bonchev–Trinajstić information content (AvgIpc) is 2.28. The van der Waals surface area contributed by atoms with Crippen LogP contribution in [0.2, 0.25) is 0 Å². The number of aliphatic carboxylic acids is 1. The molecule has 0 spiro atoms. The van der Waals surface area contributed by atoms with Gasteiger partial charge >= 0.3 is 5.97 Å². The summed E-state index contributed by atoms with van der Waals surface area (Å²) < 4.78 is 5.66. The van der Waals surface area contributed by atoms with Crippen LogP contribution in [0.25, 0.3) is 0 Å². The number of carboxylic acid groups (broad SMARTS) is 1. The maximum absolute atomic E-state index is 11.3. The van der Waals surface area contributed by atoms with Gasteiger partial charge in [-0.3, -0.25) is 0 Å². The van der Waals surface area contributed by atoms with Gasteiger partial charge in [-0.1, -0.05) is 39.5 Å². The van der Waals surface area contributed by atoms with Gasteiger partial charge in [0.15, 0.2) is 5.60 Å². The Morgan fingerprint density at radius 3 is 2.29 bits per heavy atom. The Morgan fingerprint density at radius 1 is 1.24 bits per heavy atom. The molecular weight excluding hydrogens is 216 g/mol.